The minimum Gasteiger partial charge on any atom is -0.387 e. The Hall–Kier alpha value is -0.480. The number of hydrogen-bond donors (Lipinski definition) is 1. The van der Waals surface area contributed by atoms with E-state index in [-0.39, 0.29) is 5.41 Å². The van der Waals surface area contributed by atoms with Crippen molar-refractivity contribution in [1.29, 1.82) is 0 Å². The average Bonchev–Trinajstić information content (AvgIpc) is 2.61. The molecule has 1 aromatic rings. The van der Waals surface area contributed by atoms with Gasteiger partial charge in [0.15, 0.2) is 0 Å². The summed E-state index contributed by atoms with van der Waals surface area (Å²) in [5.74, 6) is 0.619. The molecule has 1 atom stereocenters. The van der Waals surface area contributed by atoms with Gasteiger partial charge in [0.1, 0.15) is 0 Å². The lowest BCUT2D eigenvalue weighted by Crippen LogP contribution is -2.15. The van der Waals surface area contributed by atoms with E-state index in [1.807, 2.05) is 0 Å². The molecule has 0 spiro atoms. The standard InChI is InChI=1S/C12H22N2OS/c1-8(2)6-7-9(15)10-11(12(3,4)5)13-14-16-10/h8-9,15H,6-7H2,1-5H3. The molecule has 0 radical (unpaired) electrons. The van der Waals surface area contributed by atoms with Crippen molar-refractivity contribution in [2.75, 3.05) is 0 Å². The normalized spacial score (nSPS) is 14.4. The molecule has 0 aliphatic rings. The van der Waals surface area contributed by atoms with Gasteiger partial charge in [-0.3, -0.25) is 0 Å². The molecule has 1 N–H and O–H groups in total. The van der Waals surface area contributed by atoms with Gasteiger partial charge in [-0.15, -0.1) is 5.10 Å². The third-order valence-corrected chi connectivity index (χ3v) is 3.37. The lowest BCUT2D eigenvalue weighted by atomic mass is 9.89. The van der Waals surface area contributed by atoms with Crippen LogP contribution in [-0.4, -0.2) is 14.7 Å². The molecule has 1 rings (SSSR count). The van der Waals surface area contributed by atoms with Gasteiger partial charge in [0.2, 0.25) is 0 Å². The molecule has 1 aromatic heterocycles. The van der Waals surface area contributed by atoms with E-state index >= 15 is 0 Å². The molecule has 0 saturated heterocycles. The van der Waals surface area contributed by atoms with Crippen molar-refractivity contribution < 1.29 is 5.11 Å². The fourth-order valence-corrected chi connectivity index (χ4v) is 2.44. The van der Waals surface area contributed by atoms with Crippen molar-refractivity contribution in [2.24, 2.45) is 5.92 Å². The molecular weight excluding hydrogens is 220 g/mol. The van der Waals surface area contributed by atoms with Crippen LogP contribution in [0.5, 0.6) is 0 Å². The molecule has 0 aliphatic carbocycles. The van der Waals surface area contributed by atoms with Crippen molar-refractivity contribution in [2.45, 2.75) is 59.0 Å². The Bertz CT molecular complexity index is 328. The van der Waals surface area contributed by atoms with E-state index in [1.165, 1.54) is 11.5 Å². The van der Waals surface area contributed by atoms with Crippen LogP contribution in [0, 0.1) is 5.92 Å². The quantitative estimate of drug-likeness (QED) is 0.881. The van der Waals surface area contributed by atoms with Crippen molar-refractivity contribution in [3.63, 3.8) is 0 Å². The van der Waals surface area contributed by atoms with Gasteiger partial charge in [0, 0.05) is 5.41 Å². The van der Waals surface area contributed by atoms with Crippen LogP contribution >= 0.6 is 11.5 Å². The Morgan fingerprint density at radius 2 is 1.88 bits per heavy atom. The zero-order valence-electron chi connectivity index (χ0n) is 10.8. The molecule has 16 heavy (non-hydrogen) atoms. The van der Waals surface area contributed by atoms with Crippen LogP contribution in [0.2, 0.25) is 0 Å². The van der Waals surface area contributed by atoms with E-state index in [4.69, 9.17) is 0 Å². The molecule has 1 unspecified atom stereocenters. The molecule has 0 bridgehead atoms. The van der Waals surface area contributed by atoms with E-state index in [1.54, 1.807) is 0 Å². The van der Waals surface area contributed by atoms with Gasteiger partial charge < -0.3 is 5.11 Å². The second kappa shape index (κ2) is 5.23. The lowest BCUT2D eigenvalue weighted by molar-refractivity contribution is 0.160. The van der Waals surface area contributed by atoms with Crippen LogP contribution in [0.4, 0.5) is 0 Å². The van der Waals surface area contributed by atoms with Gasteiger partial charge in [-0.05, 0) is 30.3 Å². The first kappa shape index (κ1) is 13.6. The number of rotatable bonds is 4. The van der Waals surface area contributed by atoms with Crippen LogP contribution in [0.25, 0.3) is 0 Å². The number of aliphatic hydroxyl groups excluding tert-OH is 1. The lowest BCUT2D eigenvalue weighted by Gasteiger charge is -2.19. The van der Waals surface area contributed by atoms with E-state index in [0.29, 0.717) is 5.92 Å². The van der Waals surface area contributed by atoms with Gasteiger partial charge in [-0.25, -0.2) is 0 Å². The minimum atomic E-state index is -0.406. The van der Waals surface area contributed by atoms with E-state index < -0.39 is 6.10 Å². The summed E-state index contributed by atoms with van der Waals surface area (Å²) < 4.78 is 3.97. The number of aliphatic hydroxyl groups is 1. The molecular formula is C12H22N2OS. The Balaban J connectivity index is 2.76. The summed E-state index contributed by atoms with van der Waals surface area (Å²) in [5.41, 5.74) is 0.898. The van der Waals surface area contributed by atoms with Gasteiger partial charge in [0.25, 0.3) is 0 Å². The van der Waals surface area contributed by atoms with Crippen molar-refractivity contribution in [1.82, 2.24) is 9.59 Å². The zero-order valence-corrected chi connectivity index (χ0v) is 11.6. The van der Waals surface area contributed by atoms with Crippen molar-refractivity contribution in [3.8, 4) is 0 Å². The Kier molecular flexibility index (Phi) is 4.44. The SMILES string of the molecule is CC(C)CCC(O)c1snnc1C(C)(C)C. The fourth-order valence-electron chi connectivity index (χ4n) is 1.56. The van der Waals surface area contributed by atoms with Gasteiger partial charge in [0.05, 0.1) is 16.7 Å². The molecule has 0 amide bonds. The summed E-state index contributed by atoms with van der Waals surface area (Å²) in [4.78, 5) is 0.938. The summed E-state index contributed by atoms with van der Waals surface area (Å²) in [5, 5.41) is 14.3. The van der Waals surface area contributed by atoms with Crippen LogP contribution in [0.3, 0.4) is 0 Å². The summed E-state index contributed by atoms with van der Waals surface area (Å²) >= 11 is 1.33. The molecule has 0 aliphatic heterocycles. The fraction of sp³-hybridized carbons (Fsp3) is 0.833. The first-order chi connectivity index (χ1) is 7.32. The number of nitrogens with zero attached hydrogens (tertiary/aromatic N) is 2. The second-order valence-electron chi connectivity index (χ2n) is 5.72. The molecule has 92 valence electrons. The first-order valence-electron chi connectivity index (χ1n) is 5.83. The van der Waals surface area contributed by atoms with Gasteiger partial charge in [-0.1, -0.05) is 39.1 Å². The Morgan fingerprint density at radius 1 is 1.25 bits per heavy atom. The topological polar surface area (TPSA) is 46.0 Å². The number of aromatic nitrogens is 2. The zero-order chi connectivity index (χ0) is 12.3. The predicted octanol–water partition coefficient (Wildman–Crippen LogP) is 3.31. The average molecular weight is 242 g/mol. The van der Waals surface area contributed by atoms with Gasteiger partial charge >= 0.3 is 0 Å². The molecule has 0 fully saturated rings. The maximum atomic E-state index is 10.1. The first-order valence-corrected chi connectivity index (χ1v) is 6.60. The highest BCUT2D eigenvalue weighted by molar-refractivity contribution is 7.05. The third kappa shape index (κ3) is 3.52. The highest BCUT2D eigenvalue weighted by Gasteiger charge is 2.26. The summed E-state index contributed by atoms with van der Waals surface area (Å²) in [6.07, 6.45) is 1.42. The highest BCUT2D eigenvalue weighted by Crippen LogP contribution is 2.32. The highest BCUT2D eigenvalue weighted by atomic mass is 32.1. The minimum absolute atomic E-state index is 0.0405. The molecule has 0 saturated carbocycles. The molecule has 1 heterocycles. The summed E-state index contributed by atoms with van der Waals surface area (Å²) in [6.45, 7) is 10.6. The predicted molar refractivity (Wildman–Crippen MR) is 67.6 cm³/mol. The Morgan fingerprint density at radius 3 is 2.38 bits per heavy atom. The van der Waals surface area contributed by atoms with Gasteiger partial charge in [-0.2, -0.15) is 0 Å². The molecule has 4 heteroatoms. The second-order valence-corrected chi connectivity index (χ2v) is 6.51. The smallest absolute Gasteiger partial charge is 0.0917 e. The van der Waals surface area contributed by atoms with E-state index in [2.05, 4.69) is 44.2 Å². The van der Waals surface area contributed by atoms with Crippen LogP contribution in [-0.2, 0) is 5.41 Å². The molecule has 0 aromatic carbocycles. The van der Waals surface area contributed by atoms with Crippen LogP contribution < -0.4 is 0 Å². The van der Waals surface area contributed by atoms with E-state index in [9.17, 15) is 5.11 Å². The van der Waals surface area contributed by atoms with Crippen LogP contribution in [0.15, 0.2) is 0 Å². The third-order valence-electron chi connectivity index (χ3n) is 2.54. The van der Waals surface area contributed by atoms with Crippen molar-refractivity contribution in [3.05, 3.63) is 10.6 Å². The maximum absolute atomic E-state index is 10.1. The van der Waals surface area contributed by atoms with E-state index in [0.717, 1.165) is 23.4 Å². The Labute approximate surface area is 102 Å². The monoisotopic (exact) mass is 242 g/mol. The van der Waals surface area contributed by atoms with Crippen molar-refractivity contribution >= 4 is 11.5 Å². The van der Waals surface area contributed by atoms with Crippen LogP contribution in [0.1, 0.15) is 64.1 Å². The molecule has 3 nitrogen and oxygen atoms in total. The number of hydrogen-bond acceptors (Lipinski definition) is 4. The summed E-state index contributed by atoms with van der Waals surface area (Å²) in [6, 6.07) is 0. The maximum Gasteiger partial charge on any atom is 0.0917 e. The summed E-state index contributed by atoms with van der Waals surface area (Å²) in [7, 11) is 0. The largest absolute Gasteiger partial charge is 0.387 e.